The maximum Gasteiger partial charge on any atom is 0.144 e. The molecule has 5 rings (SSSR count). The third-order valence-electron chi connectivity index (χ3n) is 5.39. The molecule has 0 saturated heterocycles. The molecule has 0 amide bonds. The first-order valence-electron chi connectivity index (χ1n) is 10.4. The molecule has 124 valence electrons. The van der Waals surface area contributed by atoms with Crippen molar-refractivity contribution in [3.63, 3.8) is 0 Å². The van der Waals surface area contributed by atoms with Crippen LogP contribution in [0.25, 0.3) is 33.2 Å². The number of aryl methyl sites for hydroxylation is 1. The summed E-state index contributed by atoms with van der Waals surface area (Å²) in [5.74, 6) is 0.624. The lowest BCUT2D eigenvalue weighted by Gasteiger charge is -2.11. The van der Waals surface area contributed by atoms with Gasteiger partial charge in [0.25, 0.3) is 0 Å². The van der Waals surface area contributed by atoms with Crippen molar-refractivity contribution in [2.75, 3.05) is 0 Å². The van der Waals surface area contributed by atoms with Crippen LogP contribution in [0, 0.1) is 6.85 Å². The fourth-order valence-electron chi connectivity index (χ4n) is 4.11. The molecule has 2 heterocycles. The molecule has 1 saturated carbocycles. The molecule has 4 aromatic rings. The first kappa shape index (κ1) is 11.9. The van der Waals surface area contributed by atoms with Gasteiger partial charge >= 0.3 is 0 Å². The largest absolute Gasteiger partial charge is 0.455 e. The van der Waals surface area contributed by atoms with E-state index < -0.39 is 6.85 Å². The molecule has 0 N–H and O–H groups in total. The minimum absolute atomic E-state index is 0.293. The molecule has 0 unspecified atom stereocenters. The van der Waals surface area contributed by atoms with Gasteiger partial charge < -0.3 is 4.42 Å². The van der Waals surface area contributed by atoms with E-state index >= 15 is 0 Å². The quantitative estimate of drug-likeness (QED) is 0.413. The second-order valence-corrected chi connectivity index (χ2v) is 6.95. The number of nitrogens with zero attached hydrogens (tertiary/aromatic N) is 1. The summed E-state index contributed by atoms with van der Waals surface area (Å²) >= 11 is 0. The Morgan fingerprint density at radius 3 is 2.84 bits per heavy atom. The van der Waals surface area contributed by atoms with Gasteiger partial charge in [0.2, 0.25) is 0 Å². The number of pyridine rings is 1. The monoisotopic (exact) mass is 330 g/mol. The highest BCUT2D eigenvalue weighted by Gasteiger charge is 2.19. The van der Waals surface area contributed by atoms with Gasteiger partial charge in [0, 0.05) is 26.6 Å². The van der Waals surface area contributed by atoms with Crippen molar-refractivity contribution in [1.82, 2.24) is 4.98 Å². The van der Waals surface area contributed by atoms with E-state index in [0.29, 0.717) is 17.1 Å². The molecule has 1 fully saturated rings. The predicted octanol–water partition coefficient (Wildman–Crippen LogP) is 6.61. The fourth-order valence-corrected chi connectivity index (χ4v) is 4.11. The topological polar surface area (TPSA) is 26.0 Å². The molecule has 25 heavy (non-hydrogen) atoms. The number of fused-ring (bicyclic) bond motifs is 3. The van der Waals surface area contributed by atoms with E-state index in [1.165, 1.54) is 31.2 Å². The molecule has 0 bridgehead atoms. The summed E-state index contributed by atoms with van der Waals surface area (Å²) in [6.07, 6.45) is 6.98. The van der Waals surface area contributed by atoms with E-state index in [1.807, 2.05) is 30.5 Å². The van der Waals surface area contributed by atoms with Crippen molar-refractivity contribution in [1.29, 1.82) is 0 Å². The number of hydrogen-bond donors (Lipinski definition) is 0. The highest BCUT2D eigenvalue weighted by atomic mass is 16.3. The van der Waals surface area contributed by atoms with Gasteiger partial charge in [0.1, 0.15) is 11.2 Å². The summed E-state index contributed by atoms with van der Waals surface area (Å²) in [6, 6.07) is 15.5. The van der Waals surface area contributed by atoms with Crippen molar-refractivity contribution < 1.29 is 8.53 Å². The summed E-state index contributed by atoms with van der Waals surface area (Å²) in [4.78, 5) is 4.61. The molecule has 2 heteroatoms. The summed E-state index contributed by atoms with van der Waals surface area (Å²) in [6.45, 7) is -2.15. The molecule has 2 aromatic heterocycles. The van der Waals surface area contributed by atoms with E-state index in [0.717, 1.165) is 27.6 Å². The van der Waals surface area contributed by atoms with Crippen LogP contribution in [0.3, 0.4) is 0 Å². The average Bonchev–Trinajstić information content (AvgIpc) is 3.34. The van der Waals surface area contributed by atoms with Gasteiger partial charge in [-0.05, 0) is 61.0 Å². The Kier molecular flexibility index (Phi) is 2.72. The lowest BCUT2D eigenvalue weighted by Crippen LogP contribution is -1.94. The number of rotatable bonds is 2. The Bertz CT molecular complexity index is 1170. The third kappa shape index (κ3) is 2.44. The van der Waals surface area contributed by atoms with Gasteiger partial charge in [-0.1, -0.05) is 37.1 Å². The first-order chi connectivity index (χ1) is 13.5. The van der Waals surface area contributed by atoms with Crippen LogP contribution in [0.2, 0.25) is 0 Å². The second kappa shape index (κ2) is 5.73. The maximum absolute atomic E-state index is 7.65. The summed E-state index contributed by atoms with van der Waals surface area (Å²) in [7, 11) is 0. The maximum atomic E-state index is 7.65. The summed E-state index contributed by atoms with van der Waals surface area (Å²) < 4.78 is 29.1. The van der Waals surface area contributed by atoms with Gasteiger partial charge in [-0.2, -0.15) is 0 Å². The zero-order chi connectivity index (χ0) is 19.3. The first-order valence-corrected chi connectivity index (χ1v) is 8.93. The molecular weight excluding hydrogens is 306 g/mol. The van der Waals surface area contributed by atoms with Crippen molar-refractivity contribution in [3.8, 4) is 11.3 Å². The molecule has 1 aliphatic carbocycles. The van der Waals surface area contributed by atoms with Crippen molar-refractivity contribution in [3.05, 3.63) is 65.9 Å². The predicted molar refractivity (Wildman–Crippen MR) is 103 cm³/mol. The minimum atomic E-state index is -2.15. The molecule has 0 radical (unpaired) electrons. The Morgan fingerprint density at radius 2 is 1.96 bits per heavy atom. The van der Waals surface area contributed by atoms with Crippen LogP contribution < -0.4 is 0 Å². The van der Waals surface area contributed by atoms with E-state index in [4.69, 9.17) is 8.53 Å². The lowest BCUT2D eigenvalue weighted by molar-refractivity contribution is 0.669. The minimum Gasteiger partial charge on any atom is -0.455 e. The van der Waals surface area contributed by atoms with Gasteiger partial charge in [-0.3, -0.25) is 4.98 Å². The van der Waals surface area contributed by atoms with E-state index in [1.54, 1.807) is 12.1 Å². The normalized spacial score (nSPS) is 17.7. The molecule has 0 atom stereocenters. The van der Waals surface area contributed by atoms with Crippen molar-refractivity contribution in [2.24, 2.45) is 0 Å². The Labute approximate surface area is 151 Å². The van der Waals surface area contributed by atoms with Crippen LogP contribution in [0.1, 0.15) is 46.8 Å². The molecule has 2 nitrogen and oxygen atoms in total. The average molecular weight is 330 g/mol. The van der Waals surface area contributed by atoms with Crippen molar-refractivity contribution in [2.45, 2.75) is 38.5 Å². The summed E-state index contributed by atoms with van der Waals surface area (Å²) in [5.41, 5.74) is 4.86. The molecular formula is C23H21NO. The SMILES string of the molecule is [2H]C([2H])([2H])c1ccc2c(c1)oc1c(-c3cc(C4CCCC4)ccn3)cccc12. The standard InChI is InChI=1S/C23H21NO/c1-15-9-10-18-19-7-4-8-20(23(19)25-22(18)13-15)21-14-17(11-12-24-21)16-5-2-3-6-16/h4,7-14,16H,2-3,5-6H2,1H3/i1D3. The number of aromatic nitrogens is 1. The highest BCUT2D eigenvalue weighted by Crippen LogP contribution is 2.38. The van der Waals surface area contributed by atoms with E-state index in [-0.39, 0.29) is 0 Å². The lowest BCUT2D eigenvalue weighted by atomic mass is 9.96. The fraction of sp³-hybridized carbons (Fsp3) is 0.261. The number of para-hydroxylation sites is 1. The van der Waals surface area contributed by atoms with E-state index in [9.17, 15) is 0 Å². The number of hydrogen-bond acceptors (Lipinski definition) is 2. The zero-order valence-corrected chi connectivity index (χ0v) is 14.0. The zero-order valence-electron chi connectivity index (χ0n) is 17.0. The Morgan fingerprint density at radius 1 is 1.04 bits per heavy atom. The molecule has 0 spiro atoms. The van der Waals surface area contributed by atoms with Crippen LogP contribution in [0.4, 0.5) is 0 Å². The highest BCUT2D eigenvalue weighted by molar-refractivity contribution is 6.09. The van der Waals surface area contributed by atoms with Crippen LogP contribution >= 0.6 is 0 Å². The van der Waals surface area contributed by atoms with E-state index in [2.05, 4.69) is 17.1 Å². The Balaban J connectivity index is 1.67. The number of benzene rings is 2. The second-order valence-electron chi connectivity index (χ2n) is 6.95. The number of furan rings is 1. The third-order valence-corrected chi connectivity index (χ3v) is 5.39. The van der Waals surface area contributed by atoms with Gasteiger partial charge in [0.05, 0.1) is 5.69 Å². The molecule has 1 aliphatic rings. The van der Waals surface area contributed by atoms with Crippen LogP contribution in [0.5, 0.6) is 0 Å². The van der Waals surface area contributed by atoms with Gasteiger partial charge in [0.15, 0.2) is 0 Å². The van der Waals surface area contributed by atoms with Crippen LogP contribution in [-0.4, -0.2) is 4.98 Å². The molecule has 0 aliphatic heterocycles. The van der Waals surface area contributed by atoms with Crippen molar-refractivity contribution >= 4 is 21.9 Å². The van der Waals surface area contributed by atoms with Gasteiger partial charge in [-0.15, -0.1) is 0 Å². The Hall–Kier alpha value is -2.61. The van der Waals surface area contributed by atoms with Crippen LogP contribution in [0.15, 0.2) is 59.1 Å². The smallest absolute Gasteiger partial charge is 0.144 e. The van der Waals surface area contributed by atoms with Gasteiger partial charge in [-0.25, -0.2) is 0 Å². The summed E-state index contributed by atoms with van der Waals surface area (Å²) in [5, 5.41) is 1.91. The molecule has 2 aromatic carbocycles. The van der Waals surface area contributed by atoms with Crippen LogP contribution in [-0.2, 0) is 0 Å².